The van der Waals surface area contributed by atoms with Crippen LogP contribution in [0.1, 0.15) is 132 Å². The molecule has 24 nitrogen and oxygen atoms in total. The number of nitrogens with one attached hydrogen (secondary N) is 4. The third kappa shape index (κ3) is 10.4. The van der Waals surface area contributed by atoms with Crippen molar-refractivity contribution in [2.45, 2.75) is 103 Å². The number of anilines is 2. The maximum atomic E-state index is 15.5. The normalized spacial score (nSPS) is 14.8. The summed E-state index contributed by atoms with van der Waals surface area (Å²) in [5.41, 5.74) is -4.53. The number of aromatic hydroxyl groups is 2. The van der Waals surface area contributed by atoms with Crippen LogP contribution in [0.2, 0.25) is 0 Å². The minimum absolute atomic E-state index is 0.0347. The molecule has 688 valence electrons. The molecular formula is C106H62F10N12O12. The number of carbonyl (C=O) groups excluding carboxylic acids is 4. The number of pyridine rings is 4. The van der Waals surface area contributed by atoms with Crippen LogP contribution >= 0.6 is 0 Å². The molecule has 0 atom stereocenters. The number of nitrogens with zero attached hydrogens (tertiary/aromatic N) is 8. The van der Waals surface area contributed by atoms with Gasteiger partial charge in [0.15, 0.2) is 46.5 Å². The Labute approximate surface area is 771 Å². The van der Waals surface area contributed by atoms with Gasteiger partial charge < -0.3 is 30.1 Å². The number of carbonyl (C=O) groups is 4. The van der Waals surface area contributed by atoms with Gasteiger partial charge in [-0.2, -0.15) is 0 Å². The Balaban J connectivity index is 0.000000110. The Morgan fingerprint density at radius 2 is 0.571 bits per heavy atom. The van der Waals surface area contributed by atoms with E-state index in [1.807, 2.05) is 97.1 Å². The second-order valence-electron chi connectivity index (χ2n) is 36.2. The summed E-state index contributed by atoms with van der Waals surface area (Å²) in [6.45, 7) is 4.00. The number of benzene rings is 14. The van der Waals surface area contributed by atoms with E-state index in [-0.39, 0.29) is 102 Å². The fraction of sp³-hybridized carbons (Fsp3) is 0.151. The number of H-pyrrole nitrogens is 4. The highest BCUT2D eigenvalue weighted by molar-refractivity contribution is 6.53. The van der Waals surface area contributed by atoms with E-state index >= 15 is 17.6 Å². The first kappa shape index (κ1) is 83.4. The molecule has 0 spiro atoms. The second kappa shape index (κ2) is 29.2. The predicted molar refractivity (Wildman–Crippen MR) is 513 cm³/mol. The largest absolute Gasteiger partial charge is 0.494 e. The van der Waals surface area contributed by atoms with Crippen LogP contribution in [-0.4, -0.2) is 82.0 Å². The Hall–Kier alpha value is -17.2. The molecule has 34 heteroatoms. The van der Waals surface area contributed by atoms with E-state index in [0.717, 1.165) is 96.8 Å². The molecule has 4 aliphatic rings. The molecule has 2 aliphatic heterocycles. The van der Waals surface area contributed by atoms with Crippen LogP contribution in [0.5, 0.6) is 11.8 Å². The third-order valence-electron chi connectivity index (χ3n) is 29.4. The van der Waals surface area contributed by atoms with Crippen molar-refractivity contribution >= 4 is 241 Å². The summed E-state index contributed by atoms with van der Waals surface area (Å²) in [4.78, 5) is 167. The molecule has 140 heavy (non-hydrogen) atoms. The predicted octanol–water partition coefficient (Wildman–Crippen LogP) is 21.6. The van der Waals surface area contributed by atoms with Gasteiger partial charge in [-0.3, -0.25) is 66.2 Å². The number of hydrogen-bond acceptors (Lipinski definition) is 14. The topological polar surface area (TPSA) is 326 Å². The van der Waals surface area contributed by atoms with Crippen LogP contribution in [0.25, 0.3) is 206 Å². The highest BCUT2D eigenvalue weighted by Gasteiger charge is 2.51. The van der Waals surface area contributed by atoms with Gasteiger partial charge in [-0.1, -0.05) is 148 Å². The average Bonchev–Trinajstić information content (AvgIpc) is 1.36. The van der Waals surface area contributed by atoms with Crippen molar-refractivity contribution < 1.29 is 73.3 Å². The zero-order chi connectivity index (χ0) is 96.4. The summed E-state index contributed by atoms with van der Waals surface area (Å²) in [6, 6.07) is 41.6. The zero-order valence-corrected chi connectivity index (χ0v) is 72.8. The SMILES string of the molecule is CCn1c(O)c2c3nc4ccccc4c3c3c(=O)n(CC)c(=O)c4c5[nH]c6ccccc6c5c(c1=O)c2c43.O=C1c2c3[nH]c4ccccc4c3c3c4c(c5[nH]c6ccccc6c5c(c24)C(=O)N1c1c(F)c(F)c(F)c(F)c1F)C(=O)N(c1c(F)c(F)c(F)c(F)c1F)C3=O.O=c1c2c3c4ccccc4[nH]c3c3c(=O)n(C4CCCCC4)c(=O)c4c5c6ccccc6nc5c(c(O)n1C1CCCCC1)c2c34. The van der Waals surface area contributed by atoms with Crippen LogP contribution in [0.4, 0.5) is 55.3 Å². The highest BCUT2D eigenvalue weighted by Crippen LogP contribution is 2.56. The molecular weight excluding hydrogens is 1820 g/mol. The maximum Gasteiger partial charge on any atom is 0.268 e. The molecule has 0 bridgehead atoms. The third-order valence-corrected chi connectivity index (χ3v) is 29.4. The molecule has 2 saturated carbocycles. The van der Waals surface area contributed by atoms with E-state index in [4.69, 9.17) is 9.97 Å². The molecule has 28 rings (SSSR count). The van der Waals surface area contributed by atoms with E-state index in [9.17, 15) is 84.5 Å². The van der Waals surface area contributed by atoms with Gasteiger partial charge in [0.1, 0.15) is 11.4 Å². The number of amides is 4. The van der Waals surface area contributed by atoms with Gasteiger partial charge in [0, 0.05) is 144 Å². The van der Waals surface area contributed by atoms with E-state index < -0.39 is 148 Å². The first-order valence-corrected chi connectivity index (χ1v) is 45.3. The van der Waals surface area contributed by atoms with Crippen molar-refractivity contribution in [3.63, 3.8) is 0 Å². The average molecular weight is 1890 g/mol. The highest BCUT2D eigenvalue weighted by atomic mass is 19.2. The number of imide groups is 2. The number of aromatic amines is 4. The minimum atomic E-state index is -2.59. The number of hydrogen-bond donors (Lipinski definition) is 6. The maximum absolute atomic E-state index is 15.5. The summed E-state index contributed by atoms with van der Waals surface area (Å²) in [7, 11) is 0. The summed E-state index contributed by atoms with van der Waals surface area (Å²) < 4.78 is 155. The summed E-state index contributed by atoms with van der Waals surface area (Å²) in [5, 5.41) is 32.6. The van der Waals surface area contributed by atoms with Crippen LogP contribution in [0.3, 0.4) is 0 Å². The first-order chi connectivity index (χ1) is 67.7. The molecule has 24 aromatic rings. The Morgan fingerprint density at radius 3 is 0.986 bits per heavy atom. The van der Waals surface area contributed by atoms with Crippen LogP contribution < -0.4 is 43.2 Å². The Kier molecular flexibility index (Phi) is 17.4. The van der Waals surface area contributed by atoms with Gasteiger partial charge in [-0.15, -0.1) is 0 Å². The van der Waals surface area contributed by atoms with Crippen LogP contribution in [0.15, 0.2) is 174 Å². The molecule has 0 saturated heterocycles. The van der Waals surface area contributed by atoms with Gasteiger partial charge in [0.25, 0.3) is 57.0 Å². The molecule has 4 amide bonds. The minimum Gasteiger partial charge on any atom is -0.494 e. The second-order valence-corrected chi connectivity index (χ2v) is 36.2. The van der Waals surface area contributed by atoms with E-state index in [2.05, 4.69) is 19.9 Å². The Morgan fingerprint density at radius 1 is 0.279 bits per heavy atom. The Bertz CT molecular complexity index is 10200. The standard InChI is InChI=1S/C38H10F10N4O4.C38H32N4O4.C30H20N4O4/c39-21-23(41)27(45)33(28(46)24(21)42)51-35(53)17-13-9-5-1-3-7-11(9)49-31(13)19-16-15(17)20(38(51)56)32-14(10-6-2-4-8-12(10)50-32)18(16)36(54)52(37(19)55)34-29(47)25(43)22(40)26(44)30(34)48;43-35-29-25-21-15-7-9-17-23(21)40-34(25)32-28-27(29)31(37(45)41(35)19-11-3-1-4-12-19)33-26(22-16-8-10-18-24(22)39-33)30(28)36(44)42(38(32)46)20-13-5-2-6-14-20;1-3-33-27(35)21-17-13-9-5-7-11-15(13)32-26(17)24-20-19(21)23(29(33)37)25-18(14-10-6-8-12-16(14)31-25)22(20)28(36)34(4-2)30(24)38/h1-8,49-50H;7-10,15-20,39,46H,1-6,11-14H2;5-12,31,38H,3-4H2,1-2H3. The first-order valence-electron chi connectivity index (χ1n) is 45.3. The molecule has 0 unspecified atom stereocenters. The molecule has 6 N–H and O–H groups in total. The summed E-state index contributed by atoms with van der Waals surface area (Å²) in [5.74, 6) is -32.5. The quantitative estimate of drug-likeness (QED) is 0.0296. The smallest absolute Gasteiger partial charge is 0.268 e. The lowest BCUT2D eigenvalue weighted by Gasteiger charge is -2.33. The van der Waals surface area contributed by atoms with Gasteiger partial charge >= 0.3 is 0 Å². The fourth-order valence-corrected chi connectivity index (χ4v) is 23.7. The van der Waals surface area contributed by atoms with Gasteiger partial charge in [0.2, 0.25) is 23.4 Å². The molecule has 2 fully saturated rings. The van der Waals surface area contributed by atoms with Crippen molar-refractivity contribution in [1.82, 2.24) is 48.2 Å². The van der Waals surface area contributed by atoms with Gasteiger partial charge in [-0.25, -0.2) is 63.7 Å². The lowest BCUT2D eigenvalue weighted by molar-refractivity contribution is 0.0872. The monoisotopic (exact) mass is 1880 g/mol. The molecule has 12 heterocycles. The number of aromatic nitrogens is 10. The van der Waals surface area contributed by atoms with E-state index in [1.165, 1.54) is 62.2 Å². The molecule has 10 aromatic heterocycles. The van der Waals surface area contributed by atoms with Crippen LogP contribution in [-0.2, 0) is 13.1 Å². The number of rotatable bonds is 6. The fourth-order valence-electron chi connectivity index (χ4n) is 23.7. The van der Waals surface area contributed by atoms with Crippen molar-refractivity contribution in [1.29, 1.82) is 0 Å². The van der Waals surface area contributed by atoms with Crippen LogP contribution in [0, 0.1) is 58.2 Å². The van der Waals surface area contributed by atoms with E-state index in [0.29, 0.717) is 119 Å². The number of fused-ring (bicyclic) bond motifs is 30. The van der Waals surface area contributed by atoms with Gasteiger partial charge in [0.05, 0.1) is 109 Å². The lowest BCUT2D eigenvalue weighted by Crippen LogP contribution is -2.45. The lowest BCUT2D eigenvalue weighted by atomic mass is 9.81. The summed E-state index contributed by atoms with van der Waals surface area (Å²) in [6.07, 6.45) is 9.24. The van der Waals surface area contributed by atoms with Crippen molar-refractivity contribution in [3.8, 4) is 11.8 Å². The van der Waals surface area contributed by atoms with Gasteiger partial charge in [-0.05, 0) is 75.9 Å². The molecule has 2 aliphatic carbocycles. The zero-order valence-electron chi connectivity index (χ0n) is 72.8. The summed E-state index contributed by atoms with van der Waals surface area (Å²) >= 11 is 0. The van der Waals surface area contributed by atoms with Crippen molar-refractivity contribution in [2.24, 2.45) is 0 Å². The van der Waals surface area contributed by atoms with Crippen molar-refractivity contribution in [3.05, 3.63) is 288 Å². The van der Waals surface area contributed by atoms with Crippen molar-refractivity contribution in [2.75, 3.05) is 9.80 Å². The van der Waals surface area contributed by atoms with E-state index in [1.54, 1.807) is 18.4 Å². The number of halogens is 10. The number of para-hydroxylation sites is 6. The molecule has 0 radical (unpaired) electrons. The molecule has 14 aromatic carbocycles.